The van der Waals surface area contributed by atoms with Crippen molar-refractivity contribution < 1.29 is 14.3 Å². The van der Waals surface area contributed by atoms with Crippen LogP contribution < -0.4 is 20.1 Å². The first-order valence-electron chi connectivity index (χ1n) is 10.7. The molecular formula is C22H29ClN2O3. The molecule has 5 nitrogen and oxygen atoms in total. The maximum Gasteiger partial charge on any atom is 0.226 e. The molecule has 1 amide bonds. The molecule has 0 spiro atoms. The minimum Gasteiger partial charge on any atom is -0.486 e. The van der Waals surface area contributed by atoms with Crippen LogP contribution in [-0.4, -0.2) is 38.3 Å². The van der Waals surface area contributed by atoms with Gasteiger partial charge in [-0.3, -0.25) is 4.79 Å². The van der Waals surface area contributed by atoms with Gasteiger partial charge in [-0.25, -0.2) is 0 Å². The highest BCUT2D eigenvalue weighted by Crippen LogP contribution is 2.60. The molecule has 1 aliphatic heterocycles. The fraction of sp³-hybridized carbons (Fsp3) is 0.682. The van der Waals surface area contributed by atoms with E-state index in [-0.39, 0.29) is 11.5 Å². The Morgan fingerprint density at radius 2 is 1.79 bits per heavy atom. The van der Waals surface area contributed by atoms with Gasteiger partial charge in [0.25, 0.3) is 0 Å². The van der Waals surface area contributed by atoms with E-state index in [9.17, 15) is 4.79 Å². The average molecular weight is 405 g/mol. The summed E-state index contributed by atoms with van der Waals surface area (Å²) in [6.07, 6.45) is 7.41. The molecule has 1 aromatic rings. The summed E-state index contributed by atoms with van der Waals surface area (Å²) in [6.45, 7) is 2.59. The molecular weight excluding hydrogens is 376 g/mol. The molecule has 4 fully saturated rings. The summed E-state index contributed by atoms with van der Waals surface area (Å²) in [6, 6.07) is 5.42. The summed E-state index contributed by atoms with van der Waals surface area (Å²) in [5.74, 6) is 4.14. The molecule has 2 N–H and O–H groups in total. The molecule has 6 rings (SSSR count). The number of hydrogen-bond acceptors (Lipinski definition) is 4. The first-order chi connectivity index (χ1) is 13.6. The number of carbonyl (C=O) groups excluding carboxylic acids is 1. The van der Waals surface area contributed by atoms with Gasteiger partial charge < -0.3 is 20.1 Å². The van der Waals surface area contributed by atoms with E-state index >= 15 is 0 Å². The number of benzene rings is 1. The van der Waals surface area contributed by atoms with Crippen LogP contribution in [0.4, 0.5) is 0 Å². The Morgan fingerprint density at radius 3 is 2.50 bits per heavy atom. The monoisotopic (exact) mass is 404 g/mol. The Bertz CT molecular complexity index is 718. The summed E-state index contributed by atoms with van der Waals surface area (Å²) in [4.78, 5) is 12.9. The molecule has 1 unspecified atom stereocenters. The fourth-order valence-electron chi connectivity index (χ4n) is 6.29. The van der Waals surface area contributed by atoms with Crippen molar-refractivity contribution in [3.63, 3.8) is 0 Å². The molecule has 0 radical (unpaired) electrons. The van der Waals surface area contributed by atoms with Crippen LogP contribution in [0.2, 0.25) is 5.02 Å². The highest BCUT2D eigenvalue weighted by atomic mass is 35.5. The van der Waals surface area contributed by atoms with Gasteiger partial charge in [0.1, 0.15) is 12.7 Å². The van der Waals surface area contributed by atoms with Gasteiger partial charge in [0.2, 0.25) is 5.91 Å². The highest BCUT2D eigenvalue weighted by Gasteiger charge is 2.54. The smallest absolute Gasteiger partial charge is 0.226 e. The van der Waals surface area contributed by atoms with Crippen molar-refractivity contribution in [2.24, 2.45) is 23.2 Å². The minimum absolute atomic E-state index is 0.0511. The van der Waals surface area contributed by atoms with Crippen LogP contribution in [0.15, 0.2) is 18.2 Å². The zero-order chi connectivity index (χ0) is 19.1. The predicted octanol–water partition coefficient (Wildman–Crippen LogP) is 3.40. The topological polar surface area (TPSA) is 59.6 Å². The van der Waals surface area contributed by atoms with E-state index in [4.69, 9.17) is 21.1 Å². The van der Waals surface area contributed by atoms with Crippen molar-refractivity contribution in [1.82, 2.24) is 10.6 Å². The van der Waals surface area contributed by atoms with E-state index in [0.717, 1.165) is 49.3 Å². The molecule has 1 heterocycles. The van der Waals surface area contributed by atoms with Crippen LogP contribution in [0.5, 0.6) is 11.5 Å². The number of amides is 1. The van der Waals surface area contributed by atoms with Gasteiger partial charge in [0.15, 0.2) is 11.5 Å². The molecule has 1 aromatic carbocycles. The molecule has 4 bridgehead atoms. The molecule has 1 atom stereocenters. The van der Waals surface area contributed by atoms with Gasteiger partial charge in [0, 0.05) is 36.1 Å². The van der Waals surface area contributed by atoms with Crippen molar-refractivity contribution in [2.45, 2.75) is 44.6 Å². The lowest BCUT2D eigenvalue weighted by molar-refractivity contribution is -0.146. The van der Waals surface area contributed by atoms with Gasteiger partial charge >= 0.3 is 0 Å². The quantitative estimate of drug-likeness (QED) is 0.713. The van der Waals surface area contributed by atoms with Gasteiger partial charge in [0.05, 0.1) is 0 Å². The van der Waals surface area contributed by atoms with Crippen LogP contribution in [0.1, 0.15) is 38.5 Å². The SMILES string of the molecule is O=C(NCCNCC1COc2ccc(Cl)cc2O1)C12CC3CC(CC(C3)C1)C2. The first-order valence-corrected chi connectivity index (χ1v) is 11.1. The lowest BCUT2D eigenvalue weighted by atomic mass is 9.49. The average Bonchev–Trinajstić information content (AvgIpc) is 2.66. The van der Waals surface area contributed by atoms with Crippen LogP contribution in [0, 0.1) is 23.2 Å². The van der Waals surface area contributed by atoms with E-state index < -0.39 is 0 Å². The molecule has 5 aliphatic rings. The third kappa shape index (κ3) is 3.59. The third-order valence-electron chi connectivity index (χ3n) is 7.10. The predicted molar refractivity (Wildman–Crippen MR) is 108 cm³/mol. The summed E-state index contributed by atoms with van der Waals surface area (Å²) >= 11 is 6.02. The van der Waals surface area contributed by atoms with Crippen LogP contribution in [0.3, 0.4) is 0 Å². The van der Waals surface area contributed by atoms with Crippen LogP contribution in [-0.2, 0) is 4.79 Å². The second-order valence-corrected chi connectivity index (χ2v) is 9.74. The first kappa shape index (κ1) is 18.6. The normalized spacial score (nSPS) is 35.0. The number of fused-ring (bicyclic) bond motifs is 1. The number of halogens is 1. The van der Waals surface area contributed by atoms with Crippen molar-refractivity contribution >= 4 is 17.5 Å². The second kappa shape index (κ2) is 7.42. The number of ether oxygens (including phenoxy) is 2. The zero-order valence-corrected chi connectivity index (χ0v) is 17.0. The number of hydrogen-bond donors (Lipinski definition) is 2. The van der Waals surface area contributed by atoms with Gasteiger partial charge in [-0.05, 0) is 68.4 Å². The van der Waals surface area contributed by atoms with Gasteiger partial charge in [-0.2, -0.15) is 0 Å². The number of nitrogens with one attached hydrogen (secondary N) is 2. The van der Waals surface area contributed by atoms with Crippen LogP contribution >= 0.6 is 11.6 Å². The van der Waals surface area contributed by atoms with Gasteiger partial charge in [-0.1, -0.05) is 11.6 Å². The summed E-state index contributed by atoms with van der Waals surface area (Å²) in [5.41, 5.74) is -0.0575. The van der Waals surface area contributed by atoms with Crippen molar-refractivity contribution in [3.05, 3.63) is 23.2 Å². The Kier molecular flexibility index (Phi) is 4.92. The summed E-state index contributed by atoms with van der Waals surface area (Å²) in [7, 11) is 0. The van der Waals surface area contributed by atoms with E-state index in [1.165, 1.54) is 19.3 Å². The number of carbonyl (C=O) groups is 1. The molecule has 0 saturated heterocycles. The molecule has 6 heteroatoms. The third-order valence-corrected chi connectivity index (χ3v) is 7.34. The van der Waals surface area contributed by atoms with E-state index in [1.54, 1.807) is 12.1 Å². The van der Waals surface area contributed by atoms with Crippen LogP contribution in [0.25, 0.3) is 0 Å². The molecule has 4 aliphatic carbocycles. The Labute approximate surface area is 171 Å². The van der Waals surface area contributed by atoms with Gasteiger partial charge in [-0.15, -0.1) is 0 Å². The van der Waals surface area contributed by atoms with Crippen molar-refractivity contribution in [3.8, 4) is 11.5 Å². The van der Waals surface area contributed by atoms with E-state index in [2.05, 4.69) is 10.6 Å². The molecule has 152 valence electrons. The second-order valence-electron chi connectivity index (χ2n) is 9.30. The molecule has 28 heavy (non-hydrogen) atoms. The zero-order valence-electron chi connectivity index (χ0n) is 16.2. The number of rotatable bonds is 6. The summed E-state index contributed by atoms with van der Waals surface area (Å²) < 4.78 is 11.7. The Balaban J connectivity index is 1.05. The standard InChI is InChI=1S/C22H29ClN2O3/c23-17-1-2-19-20(8-17)28-18(13-27-19)12-24-3-4-25-21(26)22-9-14-5-15(10-22)7-16(6-14)11-22/h1-2,8,14-16,18,24H,3-7,9-13H2,(H,25,26). The maximum atomic E-state index is 12.9. The van der Waals surface area contributed by atoms with Crippen molar-refractivity contribution in [2.75, 3.05) is 26.2 Å². The van der Waals surface area contributed by atoms with Crippen molar-refractivity contribution in [1.29, 1.82) is 0 Å². The molecule has 0 aromatic heterocycles. The lowest BCUT2D eigenvalue weighted by Crippen LogP contribution is -2.54. The fourth-order valence-corrected chi connectivity index (χ4v) is 6.46. The highest BCUT2D eigenvalue weighted by molar-refractivity contribution is 6.30. The summed E-state index contributed by atoms with van der Waals surface area (Å²) in [5, 5.41) is 7.23. The Hall–Kier alpha value is -1.46. The Morgan fingerprint density at radius 1 is 1.07 bits per heavy atom. The lowest BCUT2D eigenvalue weighted by Gasteiger charge is -2.55. The molecule has 4 saturated carbocycles. The minimum atomic E-state index is -0.0575. The van der Waals surface area contributed by atoms with E-state index in [0.29, 0.717) is 36.4 Å². The van der Waals surface area contributed by atoms with E-state index in [1.807, 2.05) is 6.07 Å². The largest absolute Gasteiger partial charge is 0.486 e. The maximum absolute atomic E-state index is 12.9.